The Balaban J connectivity index is 1.67. The molecule has 10 heteroatoms. The van der Waals surface area contributed by atoms with Crippen LogP contribution in [0.3, 0.4) is 0 Å². The summed E-state index contributed by atoms with van der Waals surface area (Å²) in [6, 6.07) is 8.65. The van der Waals surface area contributed by atoms with Gasteiger partial charge in [-0.05, 0) is 30.7 Å². The maximum absolute atomic E-state index is 13.3. The van der Waals surface area contributed by atoms with Gasteiger partial charge in [0.05, 0.1) is 40.3 Å². The first-order valence-corrected chi connectivity index (χ1v) is 9.75. The molecule has 0 aliphatic carbocycles. The van der Waals surface area contributed by atoms with E-state index >= 15 is 0 Å². The third-order valence-corrected chi connectivity index (χ3v) is 5.92. The van der Waals surface area contributed by atoms with Crippen molar-refractivity contribution in [1.29, 1.82) is 0 Å². The Labute approximate surface area is 175 Å². The number of carbonyl (C=O) groups excluding carboxylic acids is 1. The molecule has 1 N–H and O–H groups in total. The van der Waals surface area contributed by atoms with Gasteiger partial charge in [0.1, 0.15) is 5.72 Å². The van der Waals surface area contributed by atoms with Crippen molar-refractivity contribution in [3.63, 3.8) is 0 Å². The molecular weight excluding hydrogens is 404 g/mol. The van der Waals surface area contributed by atoms with E-state index in [-0.39, 0.29) is 28.1 Å². The molecule has 5 rings (SSSR count). The second-order valence-electron chi connectivity index (χ2n) is 7.72. The zero-order chi connectivity index (χ0) is 21.9. The van der Waals surface area contributed by atoms with Gasteiger partial charge in [-0.15, -0.1) is 0 Å². The van der Waals surface area contributed by atoms with E-state index in [4.69, 9.17) is 4.74 Å². The van der Waals surface area contributed by atoms with Crippen LogP contribution in [-0.4, -0.2) is 56.6 Å². The number of non-ortho nitro benzene ring substituents is 1. The molecule has 10 nitrogen and oxygen atoms in total. The standard InChI is InChI=1S/C21H18N4O6/c1-21(28,23-6-8-31-9-7-23)12-2-4-16-14(10-12)20(27)24-17-5-3-13(25(29)30)11-15(17)18(26)19(24)22-16/h2-5,10-11,28H,6-9H2,1H3. The third kappa shape index (κ3) is 2.87. The van der Waals surface area contributed by atoms with Crippen LogP contribution in [0.15, 0.2) is 41.2 Å². The maximum atomic E-state index is 13.3. The van der Waals surface area contributed by atoms with E-state index in [2.05, 4.69) is 4.98 Å². The van der Waals surface area contributed by atoms with Gasteiger partial charge in [0.2, 0.25) is 5.78 Å². The van der Waals surface area contributed by atoms with Gasteiger partial charge in [-0.3, -0.25) is 29.2 Å². The van der Waals surface area contributed by atoms with Crippen LogP contribution in [0, 0.1) is 10.1 Å². The van der Waals surface area contributed by atoms with Crippen molar-refractivity contribution in [3.8, 4) is 5.69 Å². The highest BCUT2D eigenvalue weighted by Gasteiger charge is 2.35. The molecule has 1 atom stereocenters. The molecule has 0 amide bonds. The number of fused-ring (bicyclic) bond motifs is 4. The Morgan fingerprint density at radius 3 is 2.61 bits per heavy atom. The number of aliphatic hydroxyl groups is 1. The molecule has 2 aliphatic rings. The van der Waals surface area contributed by atoms with E-state index in [1.165, 1.54) is 16.7 Å². The summed E-state index contributed by atoms with van der Waals surface area (Å²) in [4.78, 5) is 42.8. The number of nitrogens with zero attached hydrogens (tertiary/aromatic N) is 4. The van der Waals surface area contributed by atoms with Crippen LogP contribution in [0.4, 0.5) is 5.69 Å². The fraction of sp³-hybridized carbons (Fsp3) is 0.286. The zero-order valence-electron chi connectivity index (χ0n) is 16.6. The number of hydrogen-bond acceptors (Lipinski definition) is 8. The molecule has 0 spiro atoms. The molecule has 31 heavy (non-hydrogen) atoms. The fourth-order valence-corrected chi connectivity index (χ4v) is 4.17. The maximum Gasteiger partial charge on any atom is 0.270 e. The average Bonchev–Trinajstić information content (AvgIpc) is 3.06. The summed E-state index contributed by atoms with van der Waals surface area (Å²) in [7, 11) is 0. The number of hydrogen-bond donors (Lipinski definition) is 1. The van der Waals surface area contributed by atoms with Crippen molar-refractivity contribution in [2.24, 2.45) is 0 Å². The molecule has 3 aromatic rings. The first-order chi connectivity index (χ1) is 14.8. The molecule has 2 aromatic carbocycles. The highest BCUT2D eigenvalue weighted by molar-refractivity contribution is 6.13. The number of aromatic nitrogens is 2. The largest absolute Gasteiger partial charge is 0.379 e. The van der Waals surface area contributed by atoms with Crippen molar-refractivity contribution >= 4 is 22.4 Å². The molecule has 1 aromatic heterocycles. The Morgan fingerprint density at radius 2 is 1.90 bits per heavy atom. The highest BCUT2D eigenvalue weighted by Crippen LogP contribution is 2.31. The fourth-order valence-electron chi connectivity index (χ4n) is 4.17. The topological polar surface area (TPSA) is 128 Å². The summed E-state index contributed by atoms with van der Waals surface area (Å²) in [6.07, 6.45) is 0. The number of nitro benzene ring substituents is 1. The zero-order valence-corrected chi connectivity index (χ0v) is 16.6. The highest BCUT2D eigenvalue weighted by atomic mass is 16.6. The minimum Gasteiger partial charge on any atom is -0.379 e. The number of rotatable bonds is 3. The SMILES string of the molecule is CC(O)(c1ccc2nc3n(c(=O)c2c1)-c1ccc([N+](=O)[O-])cc1C3=O)N1CCOCC1. The lowest BCUT2D eigenvalue weighted by Gasteiger charge is -2.39. The number of benzene rings is 2. The normalized spacial score (nSPS) is 17.9. The summed E-state index contributed by atoms with van der Waals surface area (Å²) in [5.41, 5.74) is -0.863. The van der Waals surface area contributed by atoms with Crippen molar-refractivity contribution in [2.45, 2.75) is 12.6 Å². The van der Waals surface area contributed by atoms with Crippen molar-refractivity contribution in [2.75, 3.05) is 26.3 Å². The molecule has 1 fully saturated rings. The van der Waals surface area contributed by atoms with Crippen molar-refractivity contribution in [1.82, 2.24) is 14.5 Å². The van der Waals surface area contributed by atoms with Crippen LogP contribution < -0.4 is 5.56 Å². The Morgan fingerprint density at radius 1 is 1.16 bits per heavy atom. The smallest absolute Gasteiger partial charge is 0.270 e. The molecule has 0 radical (unpaired) electrons. The van der Waals surface area contributed by atoms with Gasteiger partial charge in [0, 0.05) is 25.2 Å². The van der Waals surface area contributed by atoms with Gasteiger partial charge >= 0.3 is 0 Å². The third-order valence-electron chi connectivity index (χ3n) is 5.92. The molecule has 1 unspecified atom stereocenters. The number of ketones is 1. The van der Waals surface area contributed by atoms with Gasteiger partial charge in [-0.2, -0.15) is 0 Å². The summed E-state index contributed by atoms with van der Waals surface area (Å²) in [5, 5.41) is 22.5. The number of nitro groups is 1. The van der Waals surface area contributed by atoms with Gasteiger partial charge in [0.25, 0.3) is 11.2 Å². The van der Waals surface area contributed by atoms with E-state index in [1.807, 2.05) is 4.90 Å². The predicted octanol–water partition coefficient (Wildman–Crippen LogP) is 1.34. The van der Waals surface area contributed by atoms with E-state index in [1.54, 1.807) is 25.1 Å². The number of ether oxygens (including phenoxy) is 1. The van der Waals surface area contributed by atoms with Crippen LogP contribution in [-0.2, 0) is 10.5 Å². The Hall–Kier alpha value is -3.47. The van der Waals surface area contributed by atoms with Crippen molar-refractivity contribution < 1.29 is 19.6 Å². The monoisotopic (exact) mass is 422 g/mol. The van der Waals surface area contributed by atoms with Crippen LogP contribution in [0.25, 0.3) is 16.6 Å². The lowest BCUT2D eigenvalue weighted by molar-refractivity contribution is -0.384. The Bertz CT molecular complexity index is 1320. The van der Waals surface area contributed by atoms with Crippen LogP contribution in [0.1, 0.15) is 28.7 Å². The molecule has 3 heterocycles. The quantitative estimate of drug-likeness (QED) is 0.387. The second-order valence-corrected chi connectivity index (χ2v) is 7.72. The molecule has 1 saturated heterocycles. The Kier molecular flexibility index (Phi) is 4.26. The molecule has 2 aliphatic heterocycles. The molecule has 0 saturated carbocycles. The van der Waals surface area contributed by atoms with Gasteiger partial charge in [-0.25, -0.2) is 4.98 Å². The minimum atomic E-state index is -1.32. The van der Waals surface area contributed by atoms with Crippen LogP contribution >= 0.6 is 0 Å². The van der Waals surface area contributed by atoms with E-state index in [0.717, 1.165) is 6.07 Å². The molecule has 0 bridgehead atoms. The first-order valence-electron chi connectivity index (χ1n) is 9.75. The molecule has 158 valence electrons. The van der Waals surface area contributed by atoms with Crippen LogP contribution in [0.2, 0.25) is 0 Å². The summed E-state index contributed by atoms with van der Waals surface area (Å²) in [5.74, 6) is -0.622. The van der Waals surface area contributed by atoms with E-state index in [0.29, 0.717) is 37.4 Å². The summed E-state index contributed by atoms with van der Waals surface area (Å²) in [6.45, 7) is 3.77. The summed E-state index contributed by atoms with van der Waals surface area (Å²) < 4.78 is 6.52. The first kappa shape index (κ1) is 19.5. The van der Waals surface area contributed by atoms with Gasteiger partial charge < -0.3 is 9.84 Å². The average molecular weight is 422 g/mol. The second kappa shape index (κ2) is 6.77. The summed E-state index contributed by atoms with van der Waals surface area (Å²) >= 11 is 0. The lowest BCUT2D eigenvalue weighted by atomic mass is 10.0. The van der Waals surface area contributed by atoms with E-state index < -0.39 is 22.0 Å². The predicted molar refractivity (Wildman–Crippen MR) is 109 cm³/mol. The molecular formula is C21H18N4O6. The van der Waals surface area contributed by atoms with Gasteiger partial charge in [-0.1, -0.05) is 6.07 Å². The van der Waals surface area contributed by atoms with E-state index in [9.17, 15) is 24.8 Å². The lowest BCUT2D eigenvalue weighted by Crippen LogP contribution is -2.49. The minimum absolute atomic E-state index is 0.0645. The van der Waals surface area contributed by atoms with Crippen molar-refractivity contribution in [3.05, 3.63) is 73.8 Å². The van der Waals surface area contributed by atoms with Gasteiger partial charge in [0.15, 0.2) is 5.82 Å². The van der Waals surface area contributed by atoms with Crippen LogP contribution in [0.5, 0.6) is 0 Å². The number of carbonyl (C=O) groups is 1. The number of morpholine rings is 1.